The van der Waals surface area contributed by atoms with Crippen LogP contribution in [0.3, 0.4) is 0 Å². The molecule has 0 aromatic rings. The van der Waals surface area contributed by atoms with Crippen molar-refractivity contribution >= 4 is 18.3 Å². The van der Waals surface area contributed by atoms with Gasteiger partial charge in [0.25, 0.3) is 0 Å². The van der Waals surface area contributed by atoms with Crippen molar-refractivity contribution in [1.29, 1.82) is 0 Å². The van der Waals surface area contributed by atoms with Gasteiger partial charge in [0.2, 0.25) is 0 Å². The molecule has 22 heavy (non-hydrogen) atoms. The SMILES string of the molecule is CC[S+](C)C.O=P([O-])(C(F)(F)C(F)(F)F)C(F)(F)C(F)(F)F. The fraction of sp³-hybridized carbons (Fsp3) is 1.00. The maximum absolute atomic E-state index is 12.1. The van der Waals surface area contributed by atoms with Crippen LogP contribution in [0.4, 0.5) is 43.9 Å². The highest BCUT2D eigenvalue weighted by atomic mass is 32.2. The largest absolute Gasteiger partial charge is 0.790 e. The lowest BCUT2D eigenvalue weighted by molar-refractivity contribution is -0.312. The monoisotopic (exact) mass is 392 g/mol. The molecule has 0 amide bonds. The molecule has 0 rings (SSSR count). The van der Waals surface area contributed by atoms with Crippen molar-refractivity contribution in [2.24, 2.45) is 0 Å². The summed E-state index contributed by atoms with van der Waals surface area (Å²) in [5, 5.41) is 0. The highest BCUT2D eigenvalue weighted by Crippen LogP contribution is 2.72. The zero-order valence-corrected chi connectivity index (χ0v) is 12.9. The van der Waals surface area contributed by atoms with Crippen LogP contribution in [-0.2, 0) is 15.5 Å². The second kappa shape index (κ2) is 7.16. The van der Waals surface area contributed by atoms with E-state index >= 15 is 0 Å². The molecule has 0 saturated carbocycles. The van der Waals surface area contributed by atoms with Gasteiger partial charge in [-0.15, -0.1) is 0 Å². The Morgan fingerprint density at radius 3 is 1.09 bits per heavy atom. The van der Waals surface area contributed by atoms with Gasteiger partial charge in [-0.05, 0) is 17.8 Å². The van der Waals surface area contributed by atoms with E-state index in [1.54, 1.807) is 0 Å². The summed E-state index contributed by atoms with van der Waals surface area (Å²) in [6.07, 6.45) is -9.67. The van der Waals surface area contributed by atoms with Gasteiger partial charge in [0, 0.05) is 0 Å². The van der Waals surface area contributed by atoms with Gasteiger partial charge in [0.1, 0.15) is 5.75 Å². The normalized spacial score (nSPS) is 14.7. The van der Waals surface area contributed by atoms with Gasteiger partial charge >= 0.3 is 23.7 Å². The zero-order valence-electron chi connectivity index (χ0n) is 11.2. The molecule has 0 radical (unpaired) electrons. The fourth-order valence-corrected chi connectivity index (χ4v) is 1.53. The van der Waals surface area contributed by atoms with E-state index < -0.39 is 31.0 Å². The lowest BCUT2D eigenvalue weighted by Gasteiger charge is -2.38. The van der Waals surface area contributed by atoms with Gasteiger partial charge in [-0.25, -0.2) is 0 Å². The Bertz CT molecular complexity index is 373. The van der Waals surface area contributed by atoms with Crippen molar-refractivity contribution in [1.82, 2.24) is 0 Å². The molecule has 0 aliphatic carbocycles. The lowest BCUT2D eigenvalue weighted by atomic mass is 10.7. The molecule has 0 fully saturated rings. The average Bonchev–Trinajstić information content (AvgIpc) is 2.26. The first-order chi connectivity index (χ1) is 9.27. The summed E-state index contributed by atoms with van der Waals surface area (Å²) in [5.41, 5.74) is -14.4. The Kier molecular flexibility index (Phi) is 7.85. The van der Waals surface area contributed by atoms with Gasteiger partial charge in [-0.1, -0.05) is 0 Å². The van der Waals surface area contributed by atoms with Crippen molar-refractivity contribution in [2.45, 2.75) is 30.6 Å². The minimum absolute atomic E-state index is 0.677. The molecule has 0 N–H and O–H groups in total. The second-order valence-electron chi connectivity index (χ2n) is 3.90. The van der Waals surface area contributed by atoms with Gasteiger partial charge in [0.05, 0.1) is 12.5 Å². The third-order valence-electron chi connectivity index (χ3n) is 2.00. The number of halogens is 10. The van der Waals surface area contributed by atoms with E-state index in [0.717, 1.165) is 0 Å². The molecule has 0 spiro atoms. The van der Waals surface area contributed by atoms with Crippen molar-refractivity contribution in [3.63, 3.8) is 0 Å². The van der Waals surface area contributed by atoms with Crippen molar-refractivity contribution < 1.29 is 53.4 Å². The molecule has 0 heterocycles. The molecular weight excluding hydrogens is 381 g/mol. The lowest BCUT2D eigenvalue weighted by Crippen LogP contribution is -2.50. The highest BCUT2D eigenvalue weighted by Gasteiger charge is 2.78. The Labute approximate surface area is 121 Å². The molecule has 14 heteroatoms. The molecule has 0 unspecified atom stereocenters. The minimum Gasteiger partial charge on any atom is -0.790 e. The van der Waals surface area contributed by atoms with E-state index in [1.165, 1.54) is 5.75 Å². The summed E-state index contributed by atoms with van der Waals surface area (Å²) in [6.45, 7) is 2.21. The summed E-state index contributed by atoms with van der Waals surface area (Å²) >= 11 is 0. The van der Waals surface area contributed by atoms with E-state index in [1.807, 2.05) is 0 Å². The first-order valence-corrected chi connectivity index (χ1v) is 8.85. The van der Waals surface area contributed by atoms with Crippen LogP contribution in [0.2, 0.25) is 0 Å². The zero-order chi connectivity index (χ0) is 18.8. The number of hydrogen-bond acceptors (Lipinski definition) is 2. The van der Waals surface area contributed by atoms with Crippen LogP contribution in [-0.4, -0.2) is 41.9 Å². The summed E-state index contributed by atoms with van der Waals surface area (Å²) in [6, 6.07) is 0. The van der Waals surface area contributed by atoms with E-state index in [0.29, 0.717) is 10.9 Å². The molecule has 2 nitrogen and oxygen atoms in total. The van der Waals surface area contributed by atoms with Crippen LogP contribution >= 0.6 is 7.37 Å². The third kappa shape index (κ3) is 4.92. The van der Waals surface area contributed by atoms with Gasteiger partial charge < -0.3 is 9.46 Å². The van der Waals surface area contributed by atoms with Crippen LogP contribution in [0.1, 0.15) is 6.92 Å². The second-order valence-corrected chi connectivity index (χ2v) is 8.68. The van der Waals surface area contributed by atoms with Crippen LogP contribution in [0.15, 0.2) is 0 Å². The van der Waals surface area contributed by atoms with Crippen molar-refractivity contribution in [3.8, 4) is 0 Å². The van der Waals surface area contributed by atoms with Crippen molar-refractivity contribution in [3.05, 3.63) is 0 Å². The van der Waals surface area contributed by atoms with E-state index in [4.69, 9.17) is 0 Å². The average molecular weight is 392 g/mol. The van der Waals surface area contributed by atoms with Gasteiger partial charge in [0.15, 0.2) is 7.37 Å². The van der Waals surface area contributed by atoms with E-state index in [-0.39, 0.29) is 0 Å². The van der Waals surface area contributed by atoms with E-state index in [2.05, 4.69) is 19.4 Å². The predicted molar refractivity (Wildman–Crippen MR) is 59.4 cm³/mol. The smallest absolute Gasteiger partial charge is 0.459 e. The third-order valence-corrected chi connectivity index (χ3v) is 5.14. The molecule has 0 bridgehead atoms. The Balaban J connectivity index is 0. The Morgan fingerprint density at radius 2 is 1.00 bits per heavy atom. The van der Waals surface area contributed by atoms with Crippen LogP contribution in [0.5, 0.6) is 0 Å². The summed E-state index contributed by atoms with van der Waals surface area (Å²) in [7, 11) is -7.83. The molecular formula is C8H11F10O2PS. The maximum Gasteiger partial charge on any atom is 0.459 e. The molecule has 136 valence electrons. The van der Waals surface area contributed by atoms with Gasteiger partial charge in [-0.3, -0.25) is 0 Å². The summed E-state index contributed by atoms with van der Waals surface area (Å²) in [4.78, 5) is 10.1. The predicted octanol–water partition coefficient (Wildman–Crippen LogP) is 3.82. The van der Waals surface area contributed by atoms with Crippen LogP contribution in [0.25, 0.3) is 0 Å². The summed E-state index contributed by atoms with van der Waals surface area (Å²) < 4.78 is 127. The van der Waals surface area contributed by atoms with Crippen LogP contribution in [0, 0.1) is 0 Å². The molecule has 0 aliphatic rings. The topological polar surface area (TPSA) is 40.1 Å². The molecule has 0 aromatic heterocycles. The Hall–Kier alpha value is -0.160. The van der Waals surface area contributed by atoms with Gasteiger partial charge in [-0.2, -0.15) is 43.9 Å². The quantitative estimate of drug-likeness (QED) is 0.416. The molecule has 0 saturated heterocycles. The number of rotatable bonds is 3. The Morgan fingerprint density at radius 1 is 0.818 bits per heavy atom. The molecule has 0 aromatic carbocycles. The maximum atomic E-state index is 12.1. The first kappa shape index (κ1) is 24.1. The summed E-state index contributed by atoms with van der Waals surface area (Å²) in [5.74, 6) is 1.33. The highest BCUT2D eigenvalue weighted by molar-refractivity contribution is 7.95. The molecule has 0 aliphatic heterocycles. The minimum atomic E-state index is -8.51. The standard InChI is InChI=1S/C4HF10O2P.C4H11S/c5-1(6,7)3(11,12)17(15,16)4(13,14)2(8,9)10;1-4-5(2)3/h(H,15,16);4H2,1-3H3/q;+1/p-1. The van der Waals surface area contributed by atoms with Crippen LogP contribution < -0.4 is 4.89 Å². The fourth-order valence-electron chi connectivity index (χ4n) is 0.510. The van der Waals surface area contributed by atoms with Crippen molar-refractivity contribution in [2.75, 3.05) is 18.3 Å². The number of hydrogen-bond donors (Lipinski definition) is 0. The van der Waals surface area contributed by atoms with E-state index in [9.17, 15) is 53.4 Å². The first-order valence-electron chi connectivity index (χ1n) is 5.01. The molecule has 0 atom stereocenters. The number of alkyl halides is 10.